The van der Waals surface area contributed by atoms with E-state index in [-0.39, 0.29) is 0 Å². The molecule has 0 saturated heterocycles. The zero-order valence-corrected chi connectivity index (χ0v) is 14.2. The fourth-order valence-electron chi connectivity index (χ4n) is 2.64. The number of rotatable bonds is 3. The highest BCUT2D eigenvalue weighted by molar-refractivity contribution is 6.32. The van der Waals surface area contributed by atoms with Crippen molar-refractivity contribution in [3.05, 3.63) is 71.9 Å². The molecule has 0 N–H and O–H groups in total. The Balaban J connectivity index is 1.77. The number of nitrogens with zero attached hydrogens (tertiary/aromatic N) is 3. The topological polar surface area (TPSA) is 47.9 Å². The molecule has 0 aliphatic carbocycles. The first-order valence-electron chi connectivity index (χ1n) is 7.78. The number of pyridine rings is 1. The maximum absolute atomic E-state index is 6.22. The molecule has 0 aliphatic heterocycles. The lowest BCUT2D eigenvalue weighted by Gasteiger charge is -2.07. The van der Waals surface area contributed by atoms with E-state index in [1.54, 1.807) is 7.11 Å². The SMILES string of the molecule is COc1ccc(-c2cccc(-c3ncc4ccccc4n3)n2)cc1Cl. The average molecular weight is 348 g/mol. The van der Waals surface area contributed by atoms with Crippen molar-refractivity contribution in [1.82, 2.24) is 15.0 Å². The Labute approximate surface area is 150 Å². The third kappa shape index (κ3) is 3.04. The molecule has 0 aliphatic rings. The second kappa shape index (κ2) is 6.49. The van der Waals surface area contributed by atoms with Gasteiger partial charge >= 0.3 is 0 Å². The number of halogens is 1. The van der Waals surface area contributed by atoms with Gasteiger partial charge in [0.1, 0.15) is 11.4 Å². The van der Waals surface area contributed by atoms with E-state index >= 15 is 0 Å². The van der Waals surface area contributed by atoms with Crippen molar-refractivity contribution in [2.45, 2.75) is 0 Å². The molecule has 2 aromatic heterocycles. The summed E-state index contributed by atoms with van der Waals surface area (Å²) >= 11 is 6.22. The van der Waals surface area contributed by atoms with Crippen molar-refractivity contribution in [3.63, 3.8) is 0 Å². The number of hydrogen-bond donors (Lipinski definition) is 0. The Morgan fingerprint density at radius 3 is 2.56 bits per heavy atom. The van der Waals surface area contributed by atoms with Gasteiger partial charge in [0, 0.05) is 17.1 Å². The van der Waals surface area contributed by atoms with Crippen LogP contribution in [0.1, 0.15) is 0 Å². The molecule has 4 aromatic rings. The van der Waals surface area contributed by atoms with E-state index in [1.807, 2.05) is 66.9 Å². The van der Waals surface area contributed by atoms with Gasteiger partial charge in [-0.1, -0.05) is 35.9 Å². The molecule has 0 saturated carbocycles. The Hall–Kier alpha value is -2.98. The number of aromatic nitrogens is 3. The van der Waals surface area contributed by atoms with Gasteiger partial charge in [0.15, 0.2) is 5.82 Å². The minimum atomic E-state index is 0.550. The van der Waals surface area contributed by atoms with Crippen molar-refractivity contribution in [2.75, 3.05) is 7.11 Å². The van der Waals surface area contributed by atoms with E-state index in [0.717, 1.165) is 27.9 Å². The largest absolute Gasteiger partial charge is 0.495 e. The highest BCUT2D eigenvalue weighted by Crippen LogP contribution is 2.30. The lowest BCUT2D eigenvalue weighted by atomic mass is 10.1. The summed E-state index contributed by atoms with van der Waals surface area (Å²) in [5.41, 5.74) is 3.33. The predicted molar refractivity (Wildman–Crippen MR) is 99.8 cm³/mol. The molecular weight excluding hydrogens is 334 g/mol. The molecule has 4 rings (SSSR count). The van der Waals surface area contributed by atoms with E-state index in [9.17, 15) is 0 Å². The normalized spacial score (nSPS) is 10.8. The summed E-state index contributed by atoms with van der Waals surface area (Å²) < 4.78 is 5.20. The molecule has 2 heterocycles. The number of hydrogen-bond acceptors (Lipinski definition) is 4. The molecule has 2 aromatic carbocycles. The van der Waals surface area contributed by atoms with Crippen molar-refractivity contribution < 1.29 is 4.74 Å². The predicted octanol–water partition coefficient (Wildman–Crippen LogP) is 5.02. The maximum Gasteiger partial charge on any atom is 0.178 e. The molecule has 0 amide bonds. The third-order valence-corrected chi connectivity index (χ3v) is 4.21. The lowest BCUT2D eigenvalue weighted by Crippen LogP contribution is -1.94. The quantitative estimate of drug-likeness (QED) is 0.522. The summed E-state index contributed by atoms with van der Waals surface area (Å²) in [5, 5.41) is 1.55. The van der Waals surface area contributed by atoms with Gasteiger partial charge in [0.2, 0.25) is 0 Å². The molecular formula is C20H14ClN3O. The Bertz CT molecular complexity index is 1070. The van der Waals surface area contributed by atoms with Crippen molar-refractivity contribution in [1.29, 1.82) is 0 Å². The van der Waals surface area contributed by atoms with Crippen LogP contribution in [-0.2, 0) is 0 Å². The summed E-state index contributed by atoms with van der Waals surface area (Å²) in [6.07, 6.45) is 1.82. The lowest BCUT2D eigenvalue weighted by molar-refractivity contribution is 0.415. The van der Waals surface area contributed by atoms with Crippen LogP contribution in [0.2, 0.25) is 5.02 Å². The standard InChI is InChI=1S/C20H14ClN3O/c1-25-19-10-9-13(11-15(19)21)16-7-4-8-18(23-16)20-22-12-14-5-2-3-6-17(14)24-20/h2-12H,1H3. The molecule has 0 unspecified atom stereocenters. The highest BCUT2D eigenvalue weighted by atomic mass is 35.5. The first kappa shape index (κ1) is 15.5. The summed E-state index contributed by atoms with van der Waals surface area (Å²) in [7, 11) is 1.59. The summed E-state index contributed by atoms with van der Waals surface area (Å²) in [6, 6.07) is 19.3. The van der Waals surface area contributed by atoms with Gasteiger partial charge in [0.05, 0.1) is 23.3 Å². The minimum Gasteiger partial charge on any atom is -0.495 e. The van der Waals surface area contributed by atoms with Crippen LogP contribution in [0, 0.1) is 0 Å². The van der Waals surface area contributed by atoms with E-state index in [2.05, 4.69) is 9.97 Å². The first-order valence-corrected chi connectivity index (χ1v) is 8.15. The van der Waals surface area contributed by atoms with Crippen LogP contribution in [0.15, 0.2) is 66.9 Å². The fourth-order valence-corrected chi connectivity index (χ4v) is 2.90. The van der Waals surface area contributed by atoms with E-state index < -0.39 is 0 Å². The van der Waals surface area contributed by atoms with Crippen molar-refractivity contribution in [3.8, 4) is 28.5 Å². The van der Waals surface area contributed by atoms with Gasteiger partial charge < -0.3 is 4.74 Å². The van der Waals surface area contributed by atoms with E-state index in [4.69, 9.17) is 21.3 Å². The molecule has 122 valence electrons. The molecule has 5 heteroatoms. The van der Waals surface area contributed by atoms with Crippen LogP contribution in [0.5, 0.6) is 5.75 Å². The second-order valence-electron chi connectivity index (χ2n) is 5.51. The molecule has 0 spiro atoms. The fraction of sp³-hybridized carbons (Fsp3) is 0.0500. The maximum atomic E-state index is 6.22. The van der Waals surface area contributed by atoms with E-state index in [1.165, 1.54) is 0 Å². The van der Waals surface area contributed by atoms with Gasteiger partial charge in [-0.2, -0.15) is 0 Å². The number of benzene rings is 2. The molecule has 0 atom stereocenters. The summed E-state index contributed by atoms with van der Waals surface area (Å²) in [5.74, 6) is 1.24. The smallest absolute Gasteiger partial charge is 0.178 e. The van der Waals surface area contributed by atoms with Crippen LogP contribution in [-0.4, -0.2) is 22.1 Å². The monoisotopic (exact) mass is 347 g/mol. The van der Waals surface area contributed by atoms with E-state index in [0.29, 0.717) is 16.6 Å². The molecule has 4 nitrogen and oxygen atoms in total. The van der Waals surface area contributed by atoms with Crippen LogP contribution in [0.3, 0.4) is 0 Å². The number of para-hydroxylation sites is 1. The second-order valence-corrected chi connectivity index (χ2v) is 5.92. The third-order valence-electron chi connectivity index (χ3n) is 3.91. The highest BCUT2D eigenvalue weighted by Gasteiger charge is 2.09. The minimum absolute atomic E-state index is 0.550. The molecule has 0 fully saturated rings. The Morgan fingerprint density at radius 2 is 1.72 bits per heavy atom. The van der Waals surface area contributed by atoms with Crippen molar-refractivity contribution >= 4 is 22.5 Å². The molecule has 0 radical (unpaired) electrons. The van der Waals surface area contributed by atoms with Gasteiger partial charge in [-0.15, -0.1) is 0 Å². The zero-order valence-electron chi connectivity index (χ0n) is 13.5. The molecule has 0 bridgehead atoms. The van der Waals surface area contributed by atoms with Crippen LogP contribution in [0.4, 0.5) is 0 Å². The number of methoxy groups -OCH3 is 1. The Morgan fingerprint density at radius 1 is 0.880 bits per heavy atom. The van der Waals surface area contributed by atoms with Crippen molar-refractivity contribution in [2.24, 2.45) is 0 Å². The van der Waals surface area contributed by atoms with Gasteiger partial charge in [-0.25, -0.2) is 15.0 Å². The Kier molecular flexibility index (Phi) is 4.04. The van der Waals surface area contributed by atoms with Gasteiger partial charge in [-0.05, 0) is 36.4 Å². The van der Waals surface area contributed by atoms with Crippen LogP contribution < -0.4 is 4.74 Å². The van der Waals surface area contributed by atoms with Gasteiger partial charge in [-0.3, -0.25) is 0 Å². The average Bonchev–Trinajstić information content (AvgIpc) is 2.67. The number of ether oxygens (including phenoxy) is 1. The van der Waals surface area contributed by atoms with Gasteiger partial charge in [0.25, 0.3) is 0 Å². The van der Waals surface area contributed by atoms with Crippen LogP contribution in [0.25, 0.3) is 33.7 Å². The summed E-state index contributed by atoms with van der Waals surface area (Å²) in [4.78, 5) is 13.7. The zero-order chi connectivity index (χ0) is 17.2. The molecule has 25 heavy (non-hydrogen) atoms. The van der Waals surface area contributed by atoms with Crippen LogP contribution >= 0.6 is 11.6 Å². The summed E-state index contributed by atoms with van der Waals surface area (Å²) in [6.45, 7) is 0. The first-order chi connectivity index (χ1) is 12.2. The number of fused-ring (bicyclic) bond motifs is 1.